The molecule has 1 aromatic heterocycles. The summed E-state index contributed by atoms with van der Waals surface area (Å²) in [5, 5.41) is 14.3. The van der Waals surface area contributed by atoms with E-state index >= 15 is 0 Å². The number of rotatable bonds is 3. The normalized spacial score (nSPS) is 21.5. The van der Waals surface area contributed by atoms with Crippen molar-refractivity contribution in [3.8, 4) is 5.69 Å². The SMILES string of the molecule is O=S1(=O)CCCC(Nc2cccc(-n3cnnn3)c2)C1. The van der Waals surface area contributed by atoms with Crippen molar-refractivity contribution in [2.24, 2.45) is 0 Å². The van der Waals surface area contributed by atoms with E-state index in [1.165, 1.54) is 6.33 Å². The maximum absolute atomic E-state index is 11.6. The summed E-state index contributed by atoms with van der Waals surface area (Å²) in [7, 11) is -2.91. The van der Waals surface area contributed by atoms with Crippen LogP contribution in [0.3, 0.4) is 0 Å². The van der Waals surface area contributed by atoms with Crippen molar-refractivity contribution >= 4 is 15.5 Å². The predicted octanol–water partition coefficient (Wildman–Crippen LogP) is 0.651. The topological polar surface area (TPSA) is 89.8 Å². The van der Waals surface area contributed by atoms with Gasteiger partial charge in [-0.25, -0.2) is 13.1 Å². The van der Waals surface area contributed by atoms with E-state index in [1.54, 1.807) is 4.68 Å². The van der Waals surface area contributed by atoms with Gasteiger partial charge in [-0.05, 0) is 41.5 Å². The molecule has 1 aromatic carbocycles. The van der Waals surface area contributed by atoms with Gasteiger partial charge >= 0.3 is 0 Å². The van der Waals surface area contributed by atoms with Crippen molar-refractivity contribution in [1.82, 2.24) is 20.2 Å². The molecule has 1 N–H and O–H groups in total. The quantitative estimate of drug-likeness (QED) is 0.893. The second kappa shape index (κ2) is 5.20. The highest BCUT2D eigenvalue weighted by atomic mass is 32.2. The maximum Gasteiger partial charge on any atom is 0.152 e. The Hall–Kier alpha value is -1.96. The highest BCUT2D eigenvalue weighted by molar-refractivity contribution is 7.91. The van der Waals surface area contributed by atoms with Crippen molar-refractivity contribution in [1.29, 1.82) is 0 Å². The molecular formula is C12H15N5O2S. The summed E-state index contributed by atoms with van der Waals surface area (Å²) >= 11 is 0. The zero-order valence-corrected chi connectivity index (χ0v) is 11.6. The van der Waals surface area contributed by atoms with Crippen LogP contribution in [-0.2, 0) is 9.84 Å². The molecule has 2 heterocycles. The Kier molecular flexibility index (Phi) is 3.39. The number of anilines is 1. The lowest BCUT2D eigenvalue weighted by molar-refractivity contribution is 0.562. The first-order valence-corrected chi connectivity index (χ1v) is 8.25. The number of nitrogens with one attached hydrogen (secondary N) is 1. The van der Waals surface area contributed by atoms with Gasteiger partial charge in [-0.1, -0.05) is 6.07 Å². The van der Waals surface area contributed by atoms with Crippen LogP contribution in [0.15, 0.2) is 30.6 Å². The number of sulfone groups is 1. The Morgan fingerprint density at radius 3 is 3.00 bits per heavy atom. The summed E-state index contributed by atoms with van der Waals surface area (Å²) in [5.74, 6) is 0.498. The van der Waals surface area contributed by atoms with Crippen LogP contribution in [0.25, 0.3) is 5.69 Å². The second-order valence-corrected chi connectivity index (χ2v) is 7.13. The average Bonchev–Trinajstić information content (AvgIpc) is 2.91. The van der Waals surface area contributed by atoms with E-state index in [0.29, 0.717) is 12.2 Å². The second-order valence-electron chi connectivity index (χ2n) is 4.90. The van der Waals surface area contributed by atoms with Crippen molar-refractivity contribution in [2.45, 2.75) is 18.9 Å². The summed E-state index contributed by atoms with van der Waals surface area (Å²) in [6.07, 6.45) is 3.10. The Morgan fingerprint density at radius 1 is 1.35 bits per heavy atom. The summed E-state index contributed by atoms with van der Waals surface area (Å²) in [4.78, 5) is 0. The Balaban J connectivity index is 1.76. The summed E-state index contributed by atoms with van der Waals surface area (Å²) in [6, 6.07) is 7.56. The molecule has 0 spiro atoms. The molecule has 0 saturated carbocycles. The van der Waals surface area contributed by atoms with E-state index in [4.69, 9.17) is 0 Å². The first-order chi connectivity index (χ1) is 9.62. The van der Waals surface area contributed by atoms with Crippen molar-refractivity contribution < 1.29 is 8.42 Å². The van der Waals surface area contributed by atoms with Gasteiger partial charge in [0.15, 0.2) is 9.84 Å². The van der Waals surface area contributed by atoms with Crippen LogP contribution < -0.4 is 5.32 Å². The van der Waals surface area contributed by atoms with Crippen LogP contribution in [0.4, 0.5) is 5.69 Å². The molecular weight excluding hydrogens is 278 g/mol. The van der Waals surface area contributed by atoms with Gasteiger partial charge in [-0.15, -0.1) is 5.10 Å². The number of hydrogen-bond acceptors (Lipinski definition) is 6. The van der Waals surface area contributed by atoms with Crippen LogP contribution >= 0.6 is 0 Å². The lowest BCUT2D eigenvalue weighted by atomic mass is 10.1. The monoisotopic (exact) mass is 293 g/mol. The molecule has 1 aliphatic rings. The first-order valence-electron chi connectivity index (χ1n) is 6.43. The molecule has 0 bridgehead atoms. The minimum atomic E-state index is -2.91. The summed E-state index contributed by atoms with van der Waals surface area (Å²) < 4.78 is 24.8. The van der Waals surface area contributed by atoms with Crippen molar-refractivity contribution in [3.63, 3.8) is 0 Å². The fraction of sp³-hybridized carbons (Fsp3) is 0.417. The molecule has 0 amide bonds. The first kappa shape index (κ1) is 13.0. The number of nitrogens with zero attached hydrogens (tertiary/aromatic N) is 4. The smallest absolute Gasteiger partial charge is 0.152 e. The maximum atomic E-state index is 11.6. The lowest BCUT2D eigenvalue weighted by Gasteiger charge is -2.24. The molecule has 8 heteroatoms. The molecule has 2 aromatic rings. The van der Waals surface area contributed by atoms with Gasteiger partial charge in [0.2, 0.25) is 0 Å². The standard InChI is InChI=1S/C12H15N5O2S/c18-20(19)6-2-4-11(8-20)14-10-3-1-5-12(7-10)17-9-13-15-16-17/h1,3,5,7,9,11,14H,2,4,6,8H2. The van der Waals surface area contributed by atoms with E-state index < -0.39 is 9.84 Å². The molecule has 106 valence electrons. The third-order valence-corrected chi connectivity index (χ3v) is 5.11. The van der Waals surface area contributed by atoms with Crippen LogP contribution in [0.5, 0.6) is 0 Å². The zero-order valence-electron chi connectivity index (χ0n) is 10.8. The van der Waals surface area contributed by atoms with Crippen LogP contribution in [-0.4, -0.2) is 46.2 Å². The third-order valence-electron chi connectivity index (χ3n) is 3.29. The molecule has 1 saturated heterocycles. The highest BCUT2D eigenvalue weighted by Gasteiger charge is 2.24. The fourth-order valence-corrected chi connectivity index (χ4v) is 4.03. The van der Waals surface area contributed by atoms with Gasteiger partial charge in [-0.3, -0.25) is 0 Å². The minimum absolute atomic E-state index is 0.0297. The van der Waals surface area contributed by atoms with E-state index in [9.17, 15) is 8.42 Å². The molecule has 20 heavy (non-hydrogen) atoms. The van der Waals surface area contributed by atoms with Gasteiger partial charge in [0.05, 0.1) is 17.2 Å². The molecule has 1 atom stereocenters. The predicted molar refractivity (Wildman–Crippen MR) is 74.5 cm³/mol. The molecule has 7 nitrogen and oxygen atoms in total. The van der Waals surface area contributed by atoms with Gasteiger partial charge < -0.3 is 5.32 Å². The molecule has 1 unspecified atom stereocenters. The molecule has 3 rings (SSSR count). The van der Waals surface area contributed by atoms with E-state index in [1.807, 2.05) is 24.3 Å². The Labute approximate surface area is 116 Å². The third kappa shape index (κ3) is 2.96. The Bertz CT molecular complexity index is 684. The van der Waals surface area contributed by atoms with E-state index in [2.05, 4.69) is 20.8 Å². The molecule has 0 radical (unpaired) electrons. The fourth-order valence-electron chi connectivity index (χ4n) is 2.39. The number of aromatic nitrogens is 4. The van der Waals surface area contributed by atoms with Crippen molar-refractivity contribution in [2.75, 3.05) is 16.8 Å². The molecule has 1 aliphatic heterocycles. The van der Waals surface area contributed by atoms with E-state index in [-0.39, 0.29) is 11.8 Å². The number of hydrogen-bond donors (Lipinski definition) is 1. The Morgan fingerprint density at radius 2 is 2.25 bits per heavy atom. The largest absolute Gasteiger partial charge is 0.381 e. The van der Waals surface area contributed by atoms with Gasteiger partial charge in [0.25, 0.3) is 0 Å². The summed E-state index contributed by atoms with van der Waals surface area (Å²) in [5.41, 5.74) is 1.71. The molecule has 1 fully saturated rings. The van der Waals surface area contributed by atoms with E-state index in [0.717, 1.165) is 17.8 Å². The van der Waals surface area contributed by atoms with Crippen LogP contribution in [0, 0.1) is 0 Å². The van der Waals surface area contributed by atoms with Crippen molar-refractivity contribution in [3.05, 3.63) is 30.6 Å². The molecule has 0 aliphatic carbocycles. The zero-order chi connectivity index (χ0) is 14.0. The highest BCUT2D eigenvalue weighted by Crippen LogP contribution is 2.19. The lowest BCUT2D eigenvalue weighted by Crippen LogP contribution is -2.34. The number of benzene rings is 1. The van der Waals surface area contributed by atoms with Crippen LogP contribution in [0.2, 0.25) is 0 Å². The van der Waals surface area contributed by atoms with Gasteiger partial charge in [0.1, 0.15) is 6.33 Å². The van der Waals surface area contributed by atoms with Crippen LogP contribution in [0.1, 0.15) is 12.8 Å². The van der Waals surface area contributed by atoms with Gasteiger partial charge in [0, 0.05) is 11.7 Å². The minimum Gasteiger partial charge on any atom is -0.381 e. The average molecular weight is 293 g/mol. The summed E-state index contributed by atoms with van der Waals surface area (Å²) in [6.45, 7) is 0. The van der Waals surface area contributed by atoms with Gasteiger partial charge in [-0.2, -0.15) is 0 Å². The number of tetrazole rings is 1.